The molecule has 12 heteroatoms. The molecule has 0 radical (unpaired) electrons. The fraction of sp³-hybridized carbons (Fsp3) is 0.395. The quantitative estimate of drug-likeness (QED) is 0.106. The molecule has 0 saturated carbocycles. The number of carbonyl (C=O) groups excluding carboxylic acids is 3. The molecule has 1 aliphatic rings. The highest BCUT2D eigenvalue weighted by Crippen LogP contribution is 2.33. The van der Waals surface area contributed by atoms with Crippen molar-refractivity contribution in [3.63, 3.8) is 0 Å². The number of aromatic nitrogens is 4. The molecular weight excluding hydrogens is 637 g/mol. The molecule has 3 unspecified atom stereocenters. The van der Waals surface area contributed by atoms with Crippen molar-refractivity contribution < 1.29 is 23.5 Å². The minimum Gasteiger partial charge on any atom is -0.453 e. The van der Waals surface area contributed by atoms with Crippen LogP contribution in [-0.4, -0.2) is 76.7 Å². The fourth-order valence-corrected chi connectivity index (χ4v) is 5.28. The summed E-state index contributed by atoms with van der Waals surface area (Å²) in [4.78, 5) is 50.3. The summed E-state index contributed by atoms with van der Waals surface area (Å²) < 4.78 is 16.9. The summed E-state index contributed by atoms with van der Waals surface area (Å²) in [7, 11) is 2.91. The summed E-state index contributed by atoms with van der Waals surface area (Å²) >= 11 is 0. The Morgan fingerprint density at radius 2 is 1.50 bits per heavy atom. The van der Waals surface area contributed by atoms with Crippen molar-refractivity contribution in [3.05, 3.63) is 85.7 Å². The van der Waals surface area contributed by atoms with E-state index in [9.17, 15) is 14.0 Å². The smallest absolute Gasteiger partial charge is 0.407 e. The molecule has 270 valence electrons. The van der Waals surface area contributed by atoms with Crippen LogP contribution >= 0.6 is 0 Å². The number of nitrogens with one attached hydrogen (secondary N) is 4. The summed E-state index contributed by atoms with van der Waals surface area (Å²) in [6, 6.07) is 15.9. The van der Waals surface area contributed by atoms with Crippen molar-refractivity contribution in [1.29, 1.82) is 0 Å². The lowest BCUT2D eigenvalue weighted by Gasteiger charge is -2.30. The second-order valence-electron chi connectivity index (χ2n) is 12.2. The van der Waals surface area contributed by atoms with Gasteiger partial charge in [0.2, 0.25) is 5.91 Å². The Kier molecular flexibility index (Phi) is 17.3. The first-order valence-electron chi connectivity index (χ1n) is 16.6. The molecule has 0 spiro atoms. The lowest BCUT2D eigenvalue weighted by atomic mass is 10.0. The van der Waals surface area contributed by atoms with Crippen LogP contribution in [0.2, 0.25) is 0 Å². The first kappa shape index (κ1) is 41.1. The molecule has 2 aromatic carbocycles. The number of ether oxygens (including phenoxy) is 1. The molecule has 4 N–H and O–H groups in total. The normalized spacial score (nSPS) is 14.6. The zero-order chi connectivity index (χ0) is 37.2. The van der Waals surface area contributed by atoms with Gasteiger partial charge in [-0.1, -0.05) is 82.3 Å². The topological polar surface area (TPSA) is 145 Å². The molecular formula is C38H52FN7O4. The average Bonchev–Trinajstić information content (AvgIpc) is 3.94. The summed E-state index contributed by atoms with van der Waals surface area (Å²) in [5.74, 6) is 0.652. The molecule has 3 atom stereocenters. The maximum Gasteiger partial charge on any atom is 0.407 e. The number of alkyl carbamates (subject to hydrolysis) is 1. The third-order valence-electron chi connectivity index (χ3n) is 7.92. The highest BCUT2D eigenvalue weighted by atomic mass is 19.1. The number of H-pyrrole nitrogens is 2. The molecule has 3 heterocycles. The van der Waals surface area contributed by atoms with Gasteiger partial charge in [0.15, 0.2) is 6.30 Å². The Morgan fingerprint density at radius 3 is 1.94 bits per heavy atom. The third kappa shape index (κ3) is 11.5. The van der Waals surface area contributed by atoms with Crippen LogP contribution in [0.1, 0.15) is 59.3 Å². The largest absolute Gasteiger partial charge is 0.453 e. The van der Waals surface area contributed by atoms with Crippen LogP contribution in [0.3, 0.4) is 0 Å². The summed E-state index contributed by atoms with van der Waals surface area (Å²) in [5.41, 5.74) is 6.25. The molecule has 1 saturated heterocycles. The van der Waals surface area contributed by atoms with E-state index >= 15 is 0 Å². The van der Waals surface area contributed by atoms with Crippen LogP contribution in [0.5, 0.6) is 0 Å². The number of likely N-dealkylation sites (tertiary alicyclic amines) is 1. The van der Waals surface area contributed by atoms with Crippen LogP contribution in [0, 0.1) is 11.8 Å². The zero-order valence-corrected chi connectivity index (χ0v) is 30.2. The minimum atomic E-state index is -0.847. The van der Waals surface area contributed by atoms with Crippen LogP contribution in [0.4, 0.5) is 9.18 Å². The standard InChI is InChI=1S/C29H32N6O3.C5H12FN.C3H6.CH2O/c1-18(2)26(34-29(37)38-3)28(36)35-14-4-5-25(35)27-31-16-24(33-27)22-12-8-20(9-13-22)19-6-10-21(11-7-19)23-15-30-17-32-23;1-4(2)5(6)7-3;1-3-2;1-2/h6-13,15-18,25-26H,4-5,14H2,1-3H3,(H,30,32)(H,31,33)(H,34,37);4-5,7H,1-3H3;3H,1H2,2H3;1H2. The van der Waals surface area contributed by atoms with E-state index in [-0.39, 0.29) is 23.8 Å². The summed E-state index contributed by atoms with van der Waals surface area (Å²) in [6.45, 7) is 15.4. The molecule has 2 aromatic heterocycles. The van der Waals surface area contributed by atoms with E-state index in [2.05, 4.69) is 85.7 Å². The van der Waals surface area contributed by atoms with E-state index in [4.69, 9.17) is 9.53 Å². The van der Waals surface area contributed by atoms with Gasteiger partial charge in [0.25, 0.3) is 0 Å². The highest BCUT2D eigenvalue weighted by Gasteiger charge is 2.37. The van der Waals surface area contributed by atoms with Gasteiger partial charge in [-0.15, -0.1) is 6.58 Å². The number of imidazole rings is 2. The zero-order valence-electron chi connectivity index (χ0n) is 30.2. The third-order valence-corrected chi connectivity index (χ3v) is 7.92. The van der Waals surface area contributed by atoms with E-state index in [0.29, 0.717) is 6.54 Å². The number of benzene rings is 2. The van der Waals surface area contributed by atoms with Gasteiger partial charge in [-0.25, -0.2) is 19.2 Å². The molecule has 4 aromatic rings. The van der Waals surface area contributed by atoms with E-state index in [1.54, 1.807) is 19.5 Å². The van der Waals surface area contributed by atoms with Gasteiger partial charge in [0.1, 0.15) is 18.7 Å². The first-order valence-corrected chi connectivity index (χ1v) is 16.6. The summed E-state index contributed by atoms with van der Waals surface area (Å²) in [5, 5.41) is 5.19. The van der Waals surface area contributed by atoms with Crippen molar-refractivity contribution in [2.45, 2.75) is 65.8 Å². The average molecular weight is 690 g/mol. The molecule has 0 aliphatic carbocycles. The van der Waals surface area contributed by atoms with Gasteiger partial charge in [-0.05, 0) is 60.9 Å². The van der Waals surface area contributed by atoms with Crippen LogP contribution in [0.25, 0.3) is 33.6 Å². The van der Waals surface area contributed by atoms with E-state index in [1.807, 2.05) is 58.7 Å². The molecule has 2 amide bonds. The predicted molar refractivity (Wildman–Crippen MR) is 197 cm³/mol. The monoisotopic (exact) mass is 689 g/mol. The maximum atomic E-state index is 13.4. The number of methoxy groups -OCH3 is 1. The first-order chi connectivity index (χ1) is 24.0. The predicted octanol–water partition coefficient (Wildman–Crippen LogP) is 7.34. The Hall–Kier alpha value is -5.10. The van der Waals surface area contributed by atoms with Crippen LogP contribution < -0.4 is 10.6 Å². The van der Waals surface area contributed by atoms with Crippen molar-refractivity contribution >= 4 is 18.8 Å². The number of rotatable bonds is 9. The van der Waals surface area contributed by atoms with Crippen molar-refractivity contribution in [2.24, 2.45) is 11.8 Å². The number of alkyl halides is 1. The Labute approximate surface area is 295 Å². The Bertz CT molecular complexity index is 1570. The number of amides is 2. The molecule has 50 heavy (non-hydrogen) atoms. The van der Waals surface area contributed by atoms with E-state index in [1.165, 1.54) is 7.11 Å². The molecule has 1 aliphatic heterocycles. The van der Waals surface area contributed by atoms with Crippen molar-refractivity contribution in [3.8, 4) is 33.6 Å². The highest BCUT2D eigenvalue weighted by molar-refractivity contribution is 5.86. The SMILES string of the molecule is C=CC.C=O.CNC(F)C(C)C.COC(=O)NC(C(=O)N1CCCC1c1ncc(-c2ccc(-c3ccc(-c4cnc[nH]4)cc3)cc2)[nH]1)C(C)C. The second-order valence-corrected chi connectivity index (χ2v) is 12.2. The number of nitrogens with zero attached hydrogens (tertiary/aromatic N) is 3. The number of hydrogen-bond acceptors (Lipinski definition) is 7. The van der Waals surface area contributed by atoms with Gasteiger partial charge in [-0.3, -0.25) is 10.1 Å². The van der Waals surface area contributed by atoms with Crippen molar-refractivity contribution in [1.82, 2.24) is 35.5 Å². The second kappa shape index (κ2) is 21.1. The maximum absolute atomic E-state index is 13.4. The van der Waals surface area contributed by atoms with Gasteiger partial charge in [0, 0.05) is 6.54 Å². The van der Waals surface area contributed by atoms with Gasteiger partial charge >= 0.3 is 6.09 Å². The Balaban J connectivity index is 0.000000629. The van der Waals surface area contributed by atoms with Gasteiger partial charge in [0.05, 0.1) is 43.3 Å². The van der Waals surface area contributed by atoms with Gasteiger partial charge in [-0.2, -0.15) is 0 Å². The molecule has 5 rings (SSSR count). The Morgan fingerprint density at radius 1 is 0.960 bits per heavy atom. The molecule has 11 nitrogen and oxygen atoms in total. The number of hydrogen-bond donors (Lipinski definition) is 4. The number of aromatic amines is 2. The lowest BCUT2D eigenvalue weighted by molar-refractivity contribution is -0.135. The number of carbonyl (C=O) groups is 3. The number of allylic oxidation sites excluding steroid dienone is 1. The molecule has 0 bridgehead atoms. The number of halogens is 1. The van der Waals surface area contributed by atoms with E-state index in [0.717, 1.165) is 52.3 Å². The summed E-state index contributed by atoms with van der Waals surface area (Å²) in [6.07, 6.45) is 7.29. The van der Waals surface area contributed by atoms with Crippen molar-refractivity contribution in [2.75, 3.05) is 20.7 Å². The van der Waals surface area contributed by atoms with Gasteiger partial charge < -0.3 is 29.7 Å². The van der Waals surface area contributed by atoms with Crippen LogP contribution in [0.15, 0.2) is 79.9 Å². The minimum absolute atomic E-state index is 0.0739. The van der Waals surface area contributed by atoms with Crippen LogP contribution in [-0.2, 0) is 14.3 Å². The molecule has 1 fully saturated rings. The fourth-order valence-electron chi connectivity index (χ4n) is 5.28. The van der Waals surface area contributed by atoms with E-state index < -0.39 is 18.4 Å². The lowest BCUT2D eigenvalue weighted by Crippen LogP contribution is -2.51.